The van der Waals surface area contributed by atoms with E-state index in [0.717, 1.165) is 24.5 Å². The van der Waals surface area contributed by atoms with Gasteiger partial charge in [0.25, 0.3) is 0 Å². The molecule has 0 aromatic carbocycles. The molecule has 0 spiro atoms. The summed E-state index contributed by atoms with van der Waals surface area (Å²) < 4.78 is 0. The van der Waals surface area contributed by atoms with Crippen LogP contribution in [0.5, 0.6) is 0 Å². The van der Waals surface area contributed by atoms with Crippen LogP contribution in [0.3, 0.4) is 0 Å². The summed E-state index contributed by atoms with van der Waals surface area (Å²) in [6, 6.07) is 0. The Hall–Kier alpha value is -0.590. The Kier molecular flexibility index (Phi) is 3.23. The average molecular weight is 220 g/mol. The molecule has 2 aliphatic carbocycles. The summed E-state index contributed by atoms with van der Waals surface area (Å²) in [7, 11) is 0. The predicted molar refractivity (Wildman–Crippen MR) is 67.2 cm³/mol. The maximum atomic E-state index is 10.7. The van der Waals surface area contributed by atoms with Crippen LogP contribution in [0, 0.1) is 23.2 Å². The zero-order chi connectivity index (χ0) is 11.8. The van der Waals surface area contributed by atoms with Crippen molar-refractivity contribution in [3.63, 3.8) is 0 Å². The molecule has 0 radical (unpaired) electrons. The van der Waals surface area contributed by atoms with Crippen molar-refractivity contribution in [3.05, 3.63) is 12.2 Å². The Labute approximate surface area is 99.3 Å². The lowest BCUT2D eigenvalue weighted by Gasteiger charge is -2.43. The van der Waals surface area contributed by atoms with E-state index in [-0.39, 0.29) is 0 Å². The molecular formula is C15H24O. The molecule has 2 rings (SSSR count). The van der Waals surface area contributed by atoms with Crippen molar-refractivity contribution in [2.24, 2.45) is 23.2 Å². The highest BCUT2D eigenvalue weighted by Crippen LogP contribution is 2.59. The molecule has 0 aromatic heterocycles. The minimum absolute atomic E-state index is 0.442. The maximum absolute atomic E-state index is 10.7. The van der Waals surface area contributed by atoms with Crippen molar-refractivity contribution in [2.75, 3.05) is 0 Å². The van der Waals surface area contributed by atoms with Gasteiger partial charge in [-0.3, -0.25) is 0 Å². The summed E-state index contributed by atoms with van der Waals surface area (Å²) in [5.41, 5.74) is 1.92. The maximum Gasteiger partial charge on any atom is 0.120 e. The van der Waals surface area contributed by atoms with Gasteiger partial charge in [-0.1, -0.05) is 26.0 Å². The molecule has 2 saturated carbocycles. The third-order valence-electron chi connectivity index (χ3n) is 5.27. The van der Waals surface area contributed by atoms with E-state index >= 15 is 0 Å². The quantitative estimate of drug-likeness (QED) is 0.519. The molecule has 0 N–H and O–H groups in total. The van der Waals surface area contributed by atoms with Crippen molar-refractivity contribution in [3.8, 4) is 0 Å². The third-order valence-corrected chi connectivity index (χ3v) is 5.27. The van der Waals surface area contributed by atoms with Gasteiger partial charge in [0.15, 0.2) is 0 Å². The molecule has 0 aromatic rings. The molecule has 1 heteroatoms. The van der Waals surface area contributed by atoms with E-state index in [9.17, 15) is 4.79 Å². The van der Waals surface area contributed by atoms with Crippen LogP contribution in [0.1, 0.15) is 52.4 Å². The fourth-order valence-corrected chi connectivity index (χ4v) is 4.42. The summed E-state index contributed by atoms with van der Waals surface area (Å²) in [6.07, 6.45) is 8.31. The summed E-state index contributed by atoms with van der Waals surface area (Å²) >= 11 is 0. The lowest BCUT2D eigenvalue weighted by molar-refractivity contribution is -0.109. The Morgan fingerprint density at radius 1 is 1.56 bits per heavy atom. The molecule has 90 valence electrons. The van der Waals surface area contributed by atoms with Gasteiger partial charge in [0.05, 0.1) is 0 Å². The van der Waals surface area contributed by atoms with E-state index in [4.69, 9.17) is 0 Å². The summed E-state index contributed by atoms with van der Waals surface area (Å²) in [5, 5.41) is 0. The zero-order valence-electron chi connectivity index (χ0n) is 10.7. The topological polar surface area (TPSA) is 17.1 Å². The molecule has 2 fully saturated rings. The number of carbonyl (C=O) groups is 1. The second kappa shape index (κ2) is 4.35. The van der Waals surface area contributed by atoms with E-state index in [0.29, 0.717) is 11.3 Å². The highest BCUT2D eigenvalue weighted by atomic mass is 16.1. The van der Waals surface area contributed by atoms with Crippen LogP contribution in [0.4, 0.5) is 0 Å². The lowest BCUT2D eigenvalue weighted by atomic mass is 9.61. The molecule has 0 aliphatic heterocycles. The lowest BCUT2D eigenvalue weighted by Crippen LogP contribution is -2.35. The fourth-order valence-electron chi connectivity index (χ4n) is 4.42. The fraction of sp³-hybridized carbons (Fsp3) is 0.800. The van der Waals surface area contributed by atoms with Gasteiger partial charge in [0, 0.05) is 6.42 Å². The highest BCUT2D eigenvalue weighted by Gasteiger charge is 2.50. The van der Waals surface area contributed by atoms with E-state index in [1.807, 2.05) is 0 Å². The molecular weight excluding hydrogens is 196 g/mol. The van der Waals surface area contributed by atoms with Crippen LogP contribution >= 0.6 is 0 Å². The van der Waals surface area contributed by atoms with Crippen LogP contribution in [-0.2, 0) is 4.79 Å². The largest absolute Gasteiger partial charge is 0.303 e. The summed E-state index contributed by atoms with van der Waals surface area (Å²) in [4.78, 5) is 10.7. The van der Waals surface area contributed by atoms with Crippen LogP contribution in [0.15, 0.2) is 12.2 Å². The van der Waals surface area contributed by atoms with Gasteiger partial charge in [0.1, 0.15) is 6.29 Å². The predicted octanol–water partition coefficient (Wildman–Crippen LogP) is 3.98. The van der Waals surface area contributed by atoms with Crippen molar-refractivity contribution in [1.82, 2.24) is 0 Å². The second-order valence-electron chi connectivity index (χ2n) is 6.13. The van der Waals surface area contributed by atoms with Gasteiger partial charge in [-0.25, -0.2) is 0 Å². The van der Waals surface area contributed by atoms with Crippen molar-refractivity contribution in [1.29, 1.82) is 0 Å². The monoisotopic (exact) mass is 220 g/mol. The average Bonchev–Trinajstić information content (AvgIpc) is 2.57. The number of hydrogen-bond donors (Lipinski definition) is 0. The smallest absolute Gasteiger partial charge is 0.120 e. The van der Waals surface area contributed by atoms with Crippen LogP contribution < -0.4 is 0 Å². The number of rotatable bonds is 3. The van der Waals surface area contributed by atoms with Gasteiger partial charge in [0.2, 0.25) is 0 Å². The van der Waals surface area contributed by atoms with Gasteiger partial charge in [-0.2, -0.15) is 0 Å². The second-order valence-corrected chi connectivity index (χ2v) is 6.13. The number of allylic oxidation sites excluding steroid dienone is 1. The zero-order valence-corrected chi connectivity index (χ0v) is 10.7. The Balaban J connectivity index is 2.17. The molecule has 4 atom stereocenters. The first-order valence-electron chi connectivity index (χ1n) is 6.71. The van der Waals surface area contributed by atoms with Crippen LogP contribution in [0.2, 0.25) is 0 Å². The van der Waals surface area contributed by atoms with Crippen molar-refractivity contribution in [2.45, 2.75) is 52.4 Å². The Morgan fingerprint density at radius 3 is 3.00 bits per heavy atom. The SMILES string of the molecule is C=C1CCC[C@@]2(C)C1CC[C@@H]2[C@H](C)CC=O. The first kappa shape index (κ1) is 11.9. The molecule has 1 unspecified atom stereocenters. The Bertz CT molecular complexity index is 294. The molecule has 0 bridgehead atoms. The third kappa shape index (κ3) is 1.74. The summed E-state index contributed by atoms with van der Waals surface area (Å²) in [6.45, 7) is 8.97. The number of hydrogen-bond acceptors (Lipinski definition) is 1. The minimum atomic E-state index is 0.442. The summed E-state index contributed by atoms with van der Waals surface area (Å²) in [5.74, 6) is 2.03. The number of aldehydes is 1. The van der Waals surface area contributed by atoms with Gasteiger partial charge in [-0.05, 0) is 55.3 Å². The first-order chi connectivity index (χ1) is 7.59. The normalized spacial score (nSPS) is 40.5. The van der Waals surface area contributed by atoms with E-state index in [1.165, 1.54) is 37.7 Å². The Morgan fingerprint density at radius 2 is 2.31 bits per heavy atom. The van der Waals surface area contributed by atoms with E-state index in [2.05, 4.69) is 20.4 Å². The van der Waals surface area contributed by atoms with Crippen molar-refractivity contribution < 1.29 is 4.79 Å². The first-order valence-corrected chi connectivity index (χ1v) is 6.71. The molecule has 1 nitrogen and oxygen atoms in total. The van der Waals surface area contributed by atoms with E-state index < -0.39 is 0 Å². The minimum Gasteiger partial charge on any atom is -0.303 e. The number of fused-ring (bicyclic) bond motifs is 1. The highest BCUT2D eigenvalue weighted by molar-refractivity contribution is 5.49. The van der Waals surface area contributed by atoms with Gasteiger partial charge < -0.3 is 4.79 Å². The molecule has 2 aliphatic rings. The molecule has 0 heterocycles. The molecule has 0 amide bonds. The van der Waals surface area contributed by atoms with Gasteiger partial charge in [-0.15, -0.1) is 0 Å². The standard InChI is InChI=1S/C15H24O/c1-11-5-4-9-15(3)13(11)6-7-14(15)12(2)8-10-16/h10,12-14H,1,4-9H2,2-3H3/t12-,13?,14-,15+/m1/s1. The van der Waals surface area contributed by atoms with Crippen LogP contribution in [-0.4, -0.2) is 6.29 Å². The van der Waals surface area contributed by atoms with Crippen molar-refractivity contribution >= 4 is 6.29 Å². The van der Waals surface area contributed by atoms with Gasteiger partial charge >= 0.3 is 0 Å². The van der Waals surface area contributed by atoms with Crippen LogP contribution in [0.25, 0.3) is 0 Å². The van der Waals surface area contributed by atoms with E-state index in [1.54, 1.807) is 0 Å². The molecule has 0 saturated heterocycles. The molecule has 16 heavy (non-hydrogen) atoms. The number of carbonyl (C=O) groups excluding carboxylic acids is 1.